The first-order chi connectivity index (χ1) is 16.9. The van der Waals surface area contributed by atoms with E-state index in [1.54, 1.807) is 0 Å². The molecule has 1 unspecified atom stereocenters. The van der Waals surface area contributed by atoms with Crippen LogP contribution < -0.4 is 15.0 Å². The number of esters is 1. The van der Waals surface area contributed by atoms with Crippen molar-refractivity contribution in [2.45, 2.75) is 33.6 Å². The van der Waals surface area contributed by atoms with Gasteiger partial charge in [-0.05, 0) is 68.1 Å². The summed E-state index contributed by atoms with van der Waals surface area (Å²) in [5, 5.41) is 3.26. The first-order valence-corrected chi connectivity index (χ1v) is 12.1. The summed E-state index contributed by atoms with van der Waals surface area (Å²) in [5.41, 5.74) is 3.11. The number of likely N-dealkylation sites (N-methyl/N-ethyl adjacent to an activating group) is 1. The van der Waals surface area contributed by atoms with Crippen LogP contribution in [0.15, 0.2) is 48.5 Å². The number of ether oxygens (including phenoxy) is 2. The molecule has 0 aliphatic carbocycles. The third kappa shape index (κ3) is 8.10. The van der Waals surface area contributed by atoms with Crippen molar-refractivity contribution < 1.29 is 14.3 Å². The molecule has 0 bridgehead atoms. The van der Waals surface area contributed by atoms with Gasteiger partial charge in [0, 0.05) is 12.7 Å². The molecule has 0 aliphatic heterocycles. The number of hydrogen-bond acceptors (Lipinski definition) is 8. The average Bonchev–Trinajstić information content (AvgIpc) is 2.84. The molecule has 35 heavy (non-hydrogen) atoms. The summed E-state index contributed by atoms with van der Waals surface area (Å²) >= 11 is 6.12. The van der Waals surface area contributed by atoms with Gasteiger partial charge in [0.25, 0.3) is 0 Å². The Kier molecular flexibility index (Phi) is 9.66. The number of hydrogen-bond donors (Lipinski definition) is 1. The number of aromatic nitrogens is 3. The van der Waals surface area contributed by atoms with E-state index in [4.69, 9.17) is 21.1 Å². The molecule has 1 N–H and O–H groups in total. The number of aryl methyl sites for hydroxylation is 1. The standard InChI is InChI=1S/C26H32ClN5O3/c1-5-20(23(33)34-6-2)17-19-9-13-22(14-10-19)35-16-15-32(4)26-30-24(27)29-25(31-26)28-21-11-7-18(3)8-12-21/h7-14,20H,5-6,15-17H2,1-4H3,(H,28,29,30,31). The molecule has 0 saturated carbocycles. The molecule has 0 saturated heterocycles. The van der Waals surface area contributed by atoms with Crippen molar-refractivity contribution in [2.75, 3.05) is 37.0 Å². The van der Waals surface area contributed by atoms with Gasteiger partial charge in [-0.1, -0.05) is 36.8 Å². The lowest BCUT2D eigenvalue weighted by Crippen LogP contribution is -2.26. The topological polar surface area (TPSA) is 89.5 Å². The lowest BCUT2D eigenvalue weighted by atomic mass is 9.97. The van der Waals surface area contributed by atoms with Crippen LogP contribution in [-0.2, 0) is 16.0 Å². The number of carbonyl (C=O) groups excluding carboxylic acids is 1. The maximum Gasteiger partial charge on any atom is 0.309 e. The fourth-order valence-electron chi connectivity index (χ4n) is 3.39. The van der Waals surface area contributed by atoms with Crippen molar-refractivity contribution in [2.24, 2.45) is 5.92 Å². The van der Waals surface area contributed by atoms with Gasteiger partial charge in [0.1, 0.15) is 12.4 Å². The minimum atomic E-state index is -0.144. The van der Waals surface area contributed by atoms with Crippen LogP contribution >= 0.6 is 11.6 Å². The van der Waals surface area contributed by atoms with Gasteiger partial charge in [0.15, 0.2) is 0 Å². The fraction of sp³-hybridized carbons (Fsp3) is 0.385. The molecule has 9 heteroatoms. The second-order valence-electron chi connectivity index (χ2n) is 8.19. The Morgan fingerprint density at radius 3 is 2.43 bits per heavy atom. The van der Waals surface area contributed by atoms with Gasteiger partial charge in [-0.3, -0.25) is 4.79 Å². The van der Waals surface area contributed by atoms with Crippen molar-refractivity contribution in [3.05, 3.63) is 64.9 Å². The Labute approximate surface area is 211 Å². The molecule has 0 amide bonds. The molecule has 0 radical (unpaired) electrons. The molecule has 186 valence electrons. The molecule has 1 atom stereocenters. The Hall–Kier alpha value is -3.39. The van der Waals surface area contributed by atoms with E-state index in [0.29, 0.717) is 38.1 Å². The van der Waals surface area contributed by atoms with Crippen LogP contribution in [-0.4, -0.2) is 47.7 Å². The highest BCUT2D eigenvalue weighted by Gasteiger charge is 2.18. The molecular formula is C26H32ClN5O3. The summed E-state index contributed by atoms with van der Waals surface area (Å²) in [4.78, 5) is 26.7. The predicted octanol–water partition coefficient (Wildman–Crippen LogP) is 5.22. The molecule has 3 rings (SSSR count). The van der Waals surface area contributed by atoms with Crippen LogP contribution in [0.2, 0.25) is 5.28 Å². The largest absolute Gasteiger partial charge is 0.492 e. The Balaban J connectivity index is 1.52. The van der Waals surface area contributed by atoms with Gasteiger partial charge in [-0.2, -0.15) is 15.0 Å². The van der Waals surface area contributed by atoms with Crippen LogP contribution in [0.3, 0.4) is 0 Å². The highest BCUT2D eigenvalue weighted by Crippen LogP contribution is 2.20. The first kappa shape index (κ1) is 26.2. The molecule has 1 heterocycles. The van der Waals surface area contributed by atoms with Gasteiger partial charge in [0.05, 0.1) is 19.1 Å². The summed E-state index contributed by atoms with van der Waals surface area (Å²) < 4.78 is 11.0. The zero-order valence-corrected chi connectivity index (χ0v) is 21.4. The zero-order chi connectivity index (χ0) is 25.2. The highest BCUT2D eigenvalue weighted by atomic mass is 35.5. The number of benzene rings is 2. The van der Waals surface area contributed by atoms with E-state index < -0.39 is 0 Å². The van der Waals surface area contributed by atoms with E-state index >= 15 is 0 Å². The van der Waals surface area contributed by atoms with Crippen molar-refractivity contribution in [3.8, 4) is 5.75 Å². The van der Waals surface area contributed by atoms with E-state index in [2.05, 4.69) is 20.3 Å². The van der Waals surface area contributed by atoms with E-state index in [-0.39, 0.29) is 17.2 Å². The number of rotatable bonds is 12. The highest BCUT2D eigenvalue weighted by molar-refractivity contribution is 6.28. The van der Waals surface area contributed by atoms with Gasteiger partial charge >= 0.3 is 5.97 Å². The number of anilines is 3. The van der Waals surface area contributed by atoms with Gasteiger partial charge in [-0.15, -0.1) is 0 Å². The van der Waals surface area contributed by atoms with E-state index in [0.717, 1.165) is 23.4 Å². The van der Waals surface area contributed by atoms with Gasteiger partial charge in [0.2, 0.25) is 17.2 Å². The normalized spacial score (nSPS) is 11.6. The summed E-state index contributed by atoms with van der Waals surface area (Å²) in [5.74, 6) is 1.30. The van der Waals surface area contributed by atoms with Crippen molar-refractivity contribution in [3.63, 3.8) is 0 Å². The SMILES string of the molecule is CCOC(=O)C(CC)Cc1ccc(OCCN(C)c2nc(Cl)nc(Nc3ccc(C)cc3)n2)cc1. The lowest BCUT2D eigenvalue weighted by Gasteiger charge is -2.18. The van der Waals surface area contributed by atoms with Crippen LogP contribution in [0.5, 0.6) is 5.75 Å². The van der Waals surface area contributed by atoms with E-state index in [1.165, 1.54) is 5.56 Å². The number of nitrogens with one attached hydrogen (secondary N) is 1. The lowest BCUT2D eigenvalue weighted by molar-refractivity contribution is -0.148. The molecular weight excluding hydrogens is 466 g/mol. The maximum absolute atomic E-state index is 12.0. The van der Waals surface area contributed by atoms with Crippen LogP contribution in [0.25, 0.3) is 0 Å². The van der Waals surface area contributed by atoms with Crippen molar-refractivity contribution in [1.82, 2.24) is 15.0 Å². The molecule has 0 spiro atoms. The Bertz CT molecular complexity index is 1090. The molecule has 8 nitrogen and oxygen atoms in total. The minimum Gasteiger partial charge on any atom is -0.492 e. The van der Waals surface area contributed by atoms with E-state index in [9.17, 15) is 4.79 Å². The third-order valence-electron chi connectivity index (χ3n) is 5.46. The van der Waals surface area contributed by atoms with Gasteiger partial charge < -0.3 is 19.7 Å². The molecule has 0 aliphatic rings. The van der Waals surface area contributed by atoms with Gasteiger partial charge in [-0.25, -0.2) is 0 Å². The second kappa shape index (κ2) is 12.9. The Morgan fingerprint density at radius 2 is 1.77 bits per heavy atom. The van der Waals surface area contributed by atoms with Crippen molar-refractivity contribution in [1.29, 1.82) is 0 Å². The smallest absolute Gasteiger partial charge is 0.309 e. The molecule has 3 aromatic rings. The predicted molar refractivity (Wildman–Crippen MR) is 139 cm³/mol. The molecule has 2 aromatic carbocycles. The number of halogens is 1. The quantitative estimate of drug-likeness (QED) is 0.340. The van der Waals surface area contributed by atoms with Crippen LogP contribution in [0, 0.1) is 12.8 Å². The first-order valence-electron chi connectivity index (χ1n) is 11.7. The Morgan fingerprint density at radius 1 is 1.06 bits per heavy atom. The van der Waals surface area contributed by atoms with E-state index in [1.807, 2.05) is 81.2 Å². The summed E-state index contributed by atoms with van der Waals surface area (Å²) in [7, 11) is 1.87. The number of nitrogens with zero attached hydrogens (tertiary/aromatic N) is 4. The molecule has 0 fully saturated rings. The van der Waals surface area contributed by atoms with Crippen LogP contribution in [0.1, 0.15) is 31.4 Å². The number of carbonyl (C=O) groups is 1. The summed E-state index contributed by atoms with van der Waals surface area (Å²) in [6.07, 6.45) is 1.39. The van der Waals surface area contributed by atoms with Crippen molar-refractivity contribution >= 4 is 35.2 Å². The summed E-state index contributed by atoms with van der Waals surface area (Å²) in [6.45, 7) is 7.23. The third-order valence-corrected chi connectivity index (χ3v) is 5.63. The van der Waals surface area contributed by atoms with Crippen LogP contribution in [0.4, 0.5) is 17.6 Å². The zero-order valence-electron chi connectivity index (χ0n) is 20.6. The monoisotopic (exact) mass is 497 g/mol. The fourth-order valence-corrected chi connectivity index (χ4v) is 3.55. The minimum absolute atomic E-state index is 0.112. The molecule has 1 aromatic heterocycles. The maximum atomic E-state index is 12.0. The average molecular weight is 498 g/mol. The second-order valence-corrected chi connectivity index (χ2v) is 8.53. The summed E-state index contributed by atoms with van der Waals surface area (Å²) in [6, 6.07) is 15.7.